The Morgan fingerprint density at radius 1 is 1.10 bits per heavy atom. The number of anilines is 1. The van der Waals surface area contributed by atoms with Crippen molar-refractivity contribution in [2.24, 2.45) is 0 Å². The molecule has 0 radical (unpaired) electrons. The number of carbonyl (C=O) groups is 1. The van der Waals surface area contributed by atoms with Crippen molar-refractivity contribution < 1.29 is 54.5 Å². The van der Waals surface area contributed by atoms with E-state index in [0.29, 0.717) is 31.2 Å². The lowest BCUT2D eigenvalue weighted by Gasteiger charge is -2.38. The number of aliphatic hydroxyl groups excluding tert-OH is 1. The largest absolute Gasteiger partial charge is 0.460 e. The number of esters is 1. The second kappa shape index (κ2) is 9.39. The van der Waals surface area contributed by atoms with Crippen LogP contribution in [-0.4, -0.2) is 41.8 Å². The minimum absolute atomic E-state index is 0.405. The molecule has 1 aromatic carbocycles. The first kappa shape index (κ1) is 26.6. The van der Waals surface area contributed by atoms with Gasteiger partial charge in [-0.25, -0.2) is 13.6 Å². The van der Waals surface area contributed by atoms with Gasteiger partial charge in [0.15, 0.2) is 0 Å². The highest BCUT2D eigenvalue weighted by molar-refractivity contribution is 5.87. The summed E-state index contributed by atoms with van der Waals surface area (Å²) >= 11 is 0. The molecular weight excluding hydrogens is 446 g/mol. The Morgan fingerprint density at radius 2 is 1.61 bits per heavy atom. The minimum atomic E-state index is -5.65. The summed E-state index contributed by atoms with van der Waals surface area (Å²) in [5.74, 6) is -9.27. The Morgan fingerprint density at radius 3 is 2.00 bits per heavy atom. The SMILES string of the molecule is C=C(C)C(=O)OC(OCCC(C)(F)F)(C(O)Nc1ccc(C(F)(F)F)cc1)C(F)(F)F. The van der Waals surface area contributed by atoms with Crippen LogP contribution in [0.2, 0.25) is 0 Å². The number of halogens is 8. The van der Waals surface area contributed by atoms with Crippen molar-refractivity contribution in [2.75, 3.05) is 11.9 Å². The molecule has 2 atom stereocenters. The van der Waals surface area contributed by atoms with Crippen LogP contribution in [0.3, 0.4) is 0 Å². The smallest absolute Gasteiger partial charge is 0.416 e. The number of hydrogen-bond acceptors (Lipinski definition) is 5. The average Bonchev–Trinajstić information content (AvgIpc) is 2.58. The maximum atomic E-state index is 13.8. The molecule has 0 aliphatic rings. The van der Waals surface area contributed by atoms with E-state index in [2.05, 4.69) is 16.1 Å². The molecule has 0 aliphatic carbocycles. The van der Waals surface area contributed by atoms with E-state index in [-0.39, 0.29) is 0 Å². The molecular formula is C18H19F8NO4. The zero-order valence-electron chi connectivity index (χ0n) is 16.2. The molecule has 1 rings (SSSR count). The molecule has 0 saturated heterocycles. The van der Waals surface area contributed by atoms with E-state index in [4.69, 9.17) is 0 Å². The van der Waals surface area contributed by atoms with Crippen molar-refractivity contribution in [2.45, 2.75) is 50.6 Å². The van der Waals surface area contributed by atoms with Crippen molar-refractivity contribution in [3.8, 4) is 0 Å². The van der Waals surface area contributed by atoms with E-state index >= 15 is 0 Å². The molecule has 0 aliphatic heterocycles. The van der Waals surface area contributed by atoms with E-state index in [0.717, 1.165) is 6.92 Å². The molecule has 2 N–H and O–H groups in total. The van der Waals surface area contributed by atoms with Crippen molar-refractivity contribution in [3.63, 3.8) is 0 Å². The highest BCUT2D eigenvalue weighted by Crippen LogP contribution is 2.40. The second-order valence-corrected chi connectivity index (χ2v) is 6.63. The Kier molecular flexibility index (Phi) is 8.06. The molecule has 0 heterocycles. The second-order valence-electron chi connectivity index (χ2n) is 6.63. The van der Waals surface area contributed by atoms with Gasteiger partial charge in [-0.2, -0.15) is 26.3 Å². The number of carbonyl (C=O) groups excluding carboxylic acids is 1. The molecule has 13 heteroatoms. The summed E-state index contributed by atoms with van der Waals surface area (Å²) in [6.45, 7) is 3.19. The lowest BCUT2D eigenvalue weighted by atomic mass is 10.1. The van der Waals surface area contributed by atoms with Gasteiger partial charge in [0.1, 0.15) is 0 Å². The van der Waals surface area contributed by atoms with Gasteiger partial charge in [-0.05, 0) is 38.1 Å². The van der Waals surface area contributed by atoms with Gasteiger partial charge in [-0.3, -0.25) is 0 Å². The summed E-state index contributed by atoms with van der Waals surface area (Å²) < 4.78 is 114. The first-order valence-electron chi connectivity index (χ1n) is 8.48. The summed E-state index contributed by atoms with van der Waals surface area (Å²) in [7, 11) is 0. The lowest BCUT2D eigenvalue weighted by Crippen LogP contribution is -2.62. The van der Waals surface area contributed by atoms with E-state index in [9.17, 15) is 45.0 Å². The summed E-state index contributed by atoms with van der Waals surface area (Å²) in [5, 5.41) is 12.0. The van der Waals surface area contributed by atoms with Gasteiger partial charge in [0.05, 0.1) is 12.2 Å². The van der Waals surface area contributed by atoms with Crippen molar-refractivity contribution in [3.05, 3.63) is 42.0 Å². The van der Waals surface area contributed by atoms with Crippen molar-refractivity contribution in [1.29, 1.82) is 0 Å². The quantitative estimate of drug-likeness (QED) is 0.236. The van der Waals surface area contributed by atoms with Crippen LogP contribution in [0.1, 0.15) is 25.8 Å². The molecule has 31 heavy (non-hydrogen) atoms. The Labute approximate surface area is 171 Å². The van der Waals surface area contributed by atoms with Gasteiger partial charge in [-0.1, -0.05) is 6.58 Å². The fraction of sp³-hybridized carbons (Fsp3) is 0.500. The van der Waals surface area contributed by atoms with Gasteiger partial charge >= 0.3 is 24.1 Å². The Hall–Kier alpha value is -2.41. The summed E-state index contributed by atoms with van der Waals surface area (Å²) in [6, 6.07) is 2.44. The van der Waals surface area contributed by atoms with E-state index in [1.807, 2.05) is 5.32 Å². The van der Waals surface area contributed by atoms with Crippen LogP contribution in [0.5, 0.6) is 0 Å². The third-order valence-electron chi connectivity index (χ3n) is 3.72. The Bertz CT molecular complexity index is 771. The minimum Gasteiger partial charge on any atom is -0.416 e. The highest BCUT2D eigenvalue weighted by atomic mass is 19.4. The van der Waals surface area contributed by atoms with Crippen LogP contribution < -0.4 is 5.32 Å². The van der Waals surface area contributed by atoms with Crippen LogP contribution in [0, 0.1) is 0 Å². The van der Waals surface area contributed by atoms with Crippen LogP contribution in [0.4, 0.5) is 40.8 Å². The van der Waals surface area contributed by atoms with Crippen molar-refractivity contribution >= 4 is 11.7 Å². The fourth-order valence-corrected chi connectivity index (χ4v) is 2.07. The van der Waals surface area contributed by atoms with Gasteiger partial charge in [0, 0.05) is 17.7 Å². The summed E-state index contributed by atoms with van der Waals surface area (Å²) in [5.41, 5.74) is -2.09. The monoisotopic (exact) mass is 465 g/mol. The van der Waals surface area contributed by atoms with E-state index in [1.54, 1.807) is 0 Å². The predicted octanol–water partition coefficient (Wildman–Crippen LogP) is 4.88. The number of hydrogen-bond donors (Lipinski definition) is 2. The maximum absolute atomic E-state index is 13.8. The highest BCUT2D eigenvalue weighted by Gasteiger charge is 2.65. The molecule has 0 spiro atoms. The van der Waals surface area contributed by atoms with Gasteiger partial charge in [-0.15, -0.1) is 0 Å². The zero-order valence-corrected chi connectivity index (χ0v) is 16.2. The molecule has 0 saturated carbocycles. The van der Waals surface area contributed by atoms with Crippen LogP contribution in [-0.2, 0) is 20.4 Å². The number of alkyl halides is 8. The number of nitrogens with one attached hydrogen (secondary N) is 1. The van der Waals surface area contributed by atoms with Crippen LogP contribution in [0.25, 0.3) is 0 Å². The zero-order chi connectivity index (χ0) is 24.3. The molecule has 1 aromatic rings. The predicted molar refractivity (Wildman–Crippen MR) is 92.0 cm³/mol. The molecule has 0 fully saturated rings. The van der Waals surface area contributed by atoms with Gasteiger partial charge < -0.3 is 19.9 Å². The third-order valence-corrected chi connectivity index (χ3v) is 3.72. The van der Waals surface area contributed by atoms with Crippen molar-refractivity contribution in [1.82, 2.24) is 0 Å². The van der Waals surface area contributed by atoms with E-state index < -0.39 is 66.1 Å². The Balaban J connectivity index is 3.27. The third kappa shape index (κ3) is 7.35. The topological polar surface area (TPSA) is 67.8 Å². The first-order valence-corrected chi connectivity index (χ1v) is 8.48. The normalized spacial score (nSPS) is 15.7. The molecule has 2 unspecified atom stereocenters. The molecule has 0 aromatic heterocycles. The lowest BCUT2D eigenvalue weighted by molar-refractivity contribution is -0.391. The number of aliphatic hydroxyl groups is 1. The number of ether oxygens (including phenoxy) is 2. The fourth-order valence-electron chi connectivity index (χ4n) is 2.07. The van der Waals surface area contributed by atoms with Gasteiger partial charge in [0.25, 0.3) is 0 Å². The molecule has 5 nitrogen and oxygen atoms in total. The van der Waals surface area contributed by atoms with Crippen LogP contribution >= 0.6 is 0 Å². The standard InChI is InChI=1S/C18H19F8NO4/c1-10(2)13(28)31-16(18(24,25)26,30-9-8-15(3,19)20)14(29)27-12-6-4-11(5-7-12)17(21,22)23/h4-7,14,27,29H,1,8-9H2,2-3H3. The number of rotatable bonds is 9. The van der Waals surface area contributed by atoms with E-state index in [1.165, 1.54) is 0 Å². The molecule has 0 amide bonds. The molecule has 176 valence electrons. The number of benzene rings is 1. The average molecular weight is 465 g/mol. The molecule has 0 bridgehead atoms. The maximum Gasteiger partial charge on any atom is 0.460 e. The summed E-state index contributed by atoms with van der Waals surface area (Å²) in [6.07, 6.45) is -14.5. The van der Waals surface area contributed by atoms with Crippen LogP contribution in [0.15, 0.2) is 36.4 Å². The van der Waals surface area contributed by atoms with Gasteiger partial charge in [0.2, 0.25) is 12.2 Å². The summed E-state index contributed by atoms with van der Waals surface area (Å²) in [4.78, 5) is 11.8. The first-order chi connectivity index (χ1) is 13.9.